The third-order valence-electron chi connectivity index (χ3n) is 3.73. The maximum atomic E-state index is 12.7. The Bertz CT molecular complexity index is 893. The summed E-state index contributed by atoms with van der Waals surface area (Å²) in [4.78, 5) is 26.1. The minimum absolute atomic E-state index is 0.126. The number of nitrogens with zero attached hydrogens (tertiary/aromatic N) is 1. The fraction of sp³-hybridized carbons (Fsp3) is 0.158. The number of hydrogen-bond acceptors (Lipinski definition) is 4. The smallest absolute Gasteiger partial charge is 0.293 e. The lowest BCUT2D eigenvalue weighted by Gasteiger charge is -2.14. The van der Waals surface area contributed by atoms with Gasteiger partial charge >= 0.3 is 0 Å². The van der Waals surface area contributed by atoms with E-state index in [1.54, 1.807) is 42.5 Å². The van der Waals surface area contributed by atoms with E-state index in [0.717, 1.165) is 17.3 Å². The number of benzene rings is 2. The van der Waals surface area contributed by atoms with Crippen molar-refractivity contribution in [2.24, 2.45) is 0 Å². The average molecular weight is 406 g/mol. The molecule has 0 spiro atoms. The van der Waals surface area contributed by atoms with Crippen molar-refractivity contribution < 1.29 is 14.3 Å². The van der Waals surface area contributed by atoms with E-state index < -0.39 is 5.25 Å². The molecular weight excluding hydrogens is 393 g/mol. The molecule has 0 N–H and O–H groups in total. The molecule has 1 fully saturated rings. The molecule has 132 valence electrons. The topological polar surface area (TPSA) is 46.6 Å². The van der Waals surface area contributed by atoms with Crippen molar-refractivity contribution in [3.05, 3.63) is 58.1 Å². The number of carbonyl (C=O) groups is 2. The molecule has 7 heteroatoms. The van der Waals surface area contributed by atoms with Gasteiger partial charge in [0.1, 0.15) is 12.4 Å². The number of rotatable bonds is 5. The van der Waals surface area contributed by atoms with Crippen molar-refractivity contribution in [2.75, 3.05) is 11.5 Å². The van der Waals surface area contributed by atoms with Crippen LogP contribution in [0.2, 0.25) is 10.0 Å². The molecule has 0 saturated carbocycles. The summed E-state index contributed by atoms with van der Waals surface area (Å²) in [5, 5.41) is 0.141. The van der Waals surface area contributed by atoms with E-state index >= 15 is 0 Å². The molecule has 1 saturated heterocycles. The molecule has 26 heavy (non-hydrogen) atoms. The molecule has 2 aromatic carbocycles. The molecule has 1 aliphatic heterocycles. The van der Waals surface area contributed by atoms with Gasteiger partial charge in [-0.15, -0.1) is 6.42 Å². The highest BCUT2D eigenvalue weighted by atomic mass is 35.5. The first kappa shape index (κ1) is 18.7. The summed E-state index contributed by atoms with van der Waals surface area (Å²) < 4.78 is 5.32. The average Bonchev–Trinajstić information content (AvgIpc) is 2.89. The lowest BCUT2D eigenvalue weighted by Crippen LogP contribution is -2.32. The minimum atomic E-state index is -0.508. The van der Waals surface area contributed by atoms with Gasteiger partial charge in [0, 0.05) is 5.02 Å². The van der Waals surface area contributed by atoms with Crippen molar-refractivity contribution >= 4 is 51.8 Å². The second kappa shape index (κ2) is 8.05. The van der Waals surface area contributed by atoms with Crippen LogP contribution in [-0.2, 0) is 11.2 Å². The van der Waals surface area contributed by atoms with E-state index in [4.69, 9.17) is 34.4 Å². The standard InChI is InChI=1S/C19H13Cl2NO3S/c1-2-9-25-16-8-3-12(10-15(16)21)11-17-18(23)22(19(24)26-17)14-6-4-13(20)5-7-14/h1,3-8,10,17H,9,11H2/t17-/m0/s1. The maximum absolute atomic E-state index is 12.7. The molecule has 4 nitrogen and oxygen atoms in total. The van der Waals surface area contributed by atoms with Gasteiger partial charge in [0.2, 0.25) is 5.91 Å². The molecule has 2 amide bonds. The van der Waals surface area contributed by atoms with Crippen molar-refractivity contribution in [3.63, 3.8) is 0 Å². The summed E-state index contributed by atoms with van der Waals surface area (Å²) in [6.07, 6.45) is 5.54. The summed E-state index contributed by atoms with van der Waals surface area (Å²) in [5.74, 6) is 2.60. The summed E-state index contributed by atoms with van der Waals surface area (Å²) in [7, 11) is 0. The van der Waals surface area contributed by atoms with Crippen LogP contribution >= 0.6 is 35.0 Å². The highest BCUT2D eigenvalue weighted by molar-refractivity contribution is 8.15. The van der Waals surface area contributed by atoms with Crippen molar-refractivity contribution in [3.8, 4) is 18.1 Å². The summed E-state index contributed by atoms with van der Waals surface area (Å²) in [6.45, 7) is 0.126. The van der Waals surface area contributed by atoms with Crippen LogP contribution in [-0.4, -0.2) is 23.0 Å². The number of thioether (sulfide) groups is 1. The van der Waals surface area contributed by atoms with Gasteiger partial charge in [-0.25, -0.2) is 4.90 Å². The SMILES string of the molecule is C#CCOc1ccc(C[C@@H]2SC(=O)N(c3ccc(Cl)cc3)C2=O)cc1Cl. The predicted molar refractivity (Wildman–Crippen MR) is 105 cm³/mol. The zero-order valence-corrected chi connectivity index (χ0v) is 15.8. The second-order valence-corrected chi connectivity index (χ2v) is 7.48. The van der Waals surface area contributed by atoms with Crippen molar-refractivity contribution in [1.82, 2.24) is 0 Å². The Morgan fingerprint density at radius 3 is 2.54 bits per heavy atom. The summed E-state index contributed by atoms with van der Waals surface area (Å²) >= 11 is 13.0. The number of anilines is 1. The third-order valence-corrected chi connectivity index (χ3v) is 5.32. The van der Waals surface area contributed by atoms with E-state index in [1.807, 2.05) is 0 Å². The van der Waals surface area contributed by atoms with Crippen LogP contribution in [0.25, 0.3) is 0 Å². The van der Waals surface area contributed by atoms with E-state index in [9.17, 15) is 9.59 Å². The van der Waals surface area contributed by atoms with Crippen molar-refractivity contribution in [2.45, 2.75) is 11.7 Å². The quantitative estimate of drug-likeness (QED) is 0.669. The number of imide groups is 1. The first-order valence-corrected chi connectivity index (χ1v) is 9.28. The third kappa shape index (κ3) is 3.99. The molecule has 1 heterocycles. The Kier molecular flexibility index (Phi) is 5.77. The highest BCUT2D eigenvalue weighted by Gasteiger charge is 2.40. The lowest BCUT2D eigenvalue weighted by atomic mass is 10.1. The Labute approximate surface area is 165 Å². The molecule has 0 radical (unpaired) electrons. The number of hydrogen-bond donors (Lipinski definition) is 0. The Hall–Kier alpha value is -2.13. The highest BCUT2D eigenvalue weighted by Crippen LogP contribution is 2.35. The van der Waals surface area contributed by atoms with Gasteiger partial charge in [0.25, 0.3) is 5.24 Å². The van der Waals surface area contributed by atoms with Crippen LogP contribution in [0.5, 0.6) is 5.75 Å². The molecule has 2 aromatic rings. The molecule has 3 rings (SSSR count). The number of carbonyl (C=O) groups excluding carboxylic acids is 2. The normalized spacial score (nSPS) is 16.7. The molecule has 0 bridgehead atoms. The number of ether oxygens (including phenoxy) is 1. The molecule has 1 atom stereocenters. The first-order chi connectivity index (χ1) is 12.5. The number of halogens is 2. The largest absolute Gasteiger partial charge is 0.479 e. The molecular formula is C19H13Cl2NO3S. The summed E-state index contributed by atoms with van der Waals surface area (Å²) in [5.41, 5.74) is 1.34. The Morgan fingerprint density at radius 2 is 1.88 bits per heavy atom. The monoisotopic (exact) mass is 405 g/mol. The number of terminal acetylenes is 1. The van der Waals surface area contributed by atoms with Gasteiger partial charge in [-0.2, -0.15) is 0 Å². The lowest BCUT2D eigenvalue weighted by molar-refractivity contribution is -0.117. The van der Waals surface area contributed by atoms with Crippen molar-refractivity contribution in [1.29, 1.82) is 0 Å². The molecule has 0 aliphatic carbocycles. The zero-order valence-electron chi connectivity index (χ0n) is 13.4. The molecule has 0 aromatic heterocycles. The number of amides is 2. The zero-order chi connectivity index (χ0) is 18.7. The Morgan fingerprint density at radius 1 is 1.15 bits per heavy atom. The first-order valence-electron chi connectivity index (χ1n) is 7.64. The van der Waals surface area contributed by atoms with Gasteiger partial charge in [-0.05, 0) is 48.4 Å². The van der Waals surface area contributed by atoms with Crippen LogP contribution in [0.3, 0.4) is 0 Å². The van der Waals surface area contributed by atoms with Gasteiger partial charge in [-0.1, -0.05) is 47.0 Å². The van der Waals surface area contributed by atoms with E-state index in [-0.39, 0.29) is 17.8 Å². The minimum Gasteiger partial charge on any atom is -0.479 e. The van der Waals surface area contributed by atoms with E-state index in [1.165, 1.54) is 4.90 Å². The van der Waals surface area contributed by atoms with Gasteiger partial charge in [0.05, 0.1) is 16.0 Å². The Balaban J connectivity index is 1.74. The van der Waals surface area contributed by atoms with Crippen LogP contribution in [0.15, 0.2) is 42.5 Å². The van der Waals surface area contributed by atoms with Gasteiger partial charge in [-0.3, -0.25) is 9.59 Å². The van der Waals surface area contributed by atoms with Gasteiger partial charge < -0.3 is 4.74 Å². The predicted octanol–water partition coefficient (Wildman–Crippen LogP) is 4.82. The van der Waals surface area contributed by atoms with Gasteiger partial charge in [0.15, 0.2) is 0 Å². The van der Waals surface area contributed by atoms with Crippen LogP contribution in [0, 0.1) is 12.3 Å². The van der Waals surface area contributed by atoms with Crippen LogP contribution in [0.1, 0.15) is 5.56 Å². The van der Waals surface area contributed by atoms with E-state index in [2.05, 4.69) is 5.92 Å². The maximum Gasteiger partial charge on any atom is 0.293 e. The molecule has 0 unspecified atom stereocenters. The summed E-state index contributed by atoms with van der Waals surface area (Å²) in [6, 6.07) is 11.8. The molecule has 1 aliphatic rings. The second-order valence-electron chi connectivity index (χ2n) is 5.48. The fourth-order valence-electron chi connectivity index (χ4n) is 2.53. The van der Waals surface area contributed by atoms with E-state index in [0.29, 0.717) is 27.9 Å². The van der Waals surface area contributed by atoms with Crippen LogP contribution in [0.4, 0.5) is 10.5 Å². The van der Waals surface area contributed by atoms with Crippen LogP contribution < -0.4 is 9.64 Å². The fourth-order valence-corrected chi connectivity index (χ4v) is 3.94.